The number of nitro groups is 1. The molecule has 0 unspecified atom stereocenters. The zero-order valence-electron chi connectivity index (χ0n) is 11.1. The highest BCUT2D eigenvalue weighted by molar-refractivity contribution is 6.08. The molecule has 0 atom stereocenters. The number of hydrogen-bond acceptors (Lipinski definition) is 6. The molecular weight excluding hydrogens is 299 g/mol. The van der Waals surface area contributed by atoms with Crippen molar-refractivity contribution in [3.05, 3.63) is 51.8 Å². The van der Waals surface area contributed by atoms with Crippen molar-refractivity contribution in [3.8, 4) is 0 Å². The van der Waals surface area contributed by atoms with Gasteiger partial charge in [0.25, 0.3) is 5.91 Å². The highest BCUT2D eigenvalue weighted by atomic mass is 19.1. The standard InChI is InChI=1S/C12H9FN4O5/c1-22-12(19)10-9(14-5-15-10)11(18)16-6-2-3-8(17(20)21)7(13)4-6/h2-5H,1H3,(H,14,15)(H,16,18). The fourth-order valence-electron chi connectivity index (χ4n) is 1.65. The van der Waals surface area contributed by atoms with Crippen LogP contribution in [0.1, 0.15) is 21.0 Å². The molecule has 0 radical (unpaired) electrons. The number of imidazole rings is 1. The Morgan fingerprint density at radius 1 is 1.45 bits per heavy atom. The van der Waals surface area contributed by atoms with Gasteiger partial charge in [0.1, 0.15) is 5.69 Å². The SMILES string of the molecule is COC(=O)c1nc[nH]c1C(=O)Nc1ccc([N+](=O)[O-])c(F)c1. The van der Waals surface area contributed by atoms with Crippen LogP contribution in [0.4, 0.5) is 15.8 Å². The molecule has 1 aromatic carbocycles. The number of aromatic nitrogens is 2. The van der Waals surface area contributed by atoms with Gasteiger partial charge in [0.2, 0.25) is 5.82 Å². The molecule has 2 rings (SSSR count). The van der Waals surface area contributed by atoms with Gasteiger partial charge in [-0.2, -0.15) is 4.39 Å². The fraction of sp³-hybridized carbons (Fsp3) is 0.0833. The molecule has 0 spiro atoms. The highest BCUT2D eigenvalue weighted by Crippen LogP contribution is 2.21. The van der Waals surface area contributed by atoms with Crippen molar-refractivity contribution in [2.45, 2.75) is 0 Å². The smallest absolute Gasteiger partial charge is 0.359 e. The maximum Gasteiger partial charge on any atom is 0.359 e. The number of nitrogens with one attached hydrogen (secondary N) is 2. The number of hydrogen-bond donors (Lipinski definition) is 2. The molecule has 0 fully saturated rings. The lowest BCUT2D eigenvalue weighted by molar-refractivity contribution is -0.387. The predicted octanol–water partition coefficient (Wildman–Crippen LogP) is 1.50. The Balaban J connectivity index is 2.23. The monoisotopic (exact) mass is 308 g/mol. The average Bonchev–Trinajstić information content (AvgIpc) is 2.95. The minimum absolute atomic E-state index is 0.0153. The van der Waals surface area contributed by atoms with Crippen molar-refractivity contribution in [1.82, 2.24) is 9.97 Å². The molecule has 114 valence electrons. The number of carbonyl (C=O) groups excluding carboxylic acids is 2. The summed E-state index contributed by atoms with van der Waals surface area (Å²) in [6.45, 7) is 0. The van der Waals surface area contributed by atoms with E-state index in [4.69, 9.17) is 0 Å². The molecule has 9 nitrogen and oxygen atoms in total. The van der Waals surface area contributed by atoms with Crippen LogP contribution in [0.5, 0.6) is 0 Å². The number of aromatic amines is 1. The number of anilines is 1. The molecule has 10 heteroatoms. The van der Waals surface area contributed by atoms with Gasteiger partial charge in [0, 0.05) is 17.8 Å². The van der Waals surface area contributed by atoms with Gasteiger partial charge < -0.3 is 15.0 Å². The minimum Gasteiger partial charge on any atom is -0.464 e. The number of benzene rings is 1. The second-order valence-electron chi connectivity index (χ2n) is 4.00. The summed E-state index contributed by atoms with van der Waals surface area (Å²) in [4.78, 5) is 39.1. The number of esters is 1. The van der Waals surface area contributed by atoms with E-state index in [0.717, 1.165) is 31.6 Å². The third-order valence-electron chi connectivity index (χ3n) is 2.65. The normalized spacial score (nSPS) is 10.1. The lowest BCUT2D eigenvalue weighted by Gasteiger charge is -2.05. The van der Waals surface area contributed by atoms with Crippen LogP contribution in [0.2, 0.25) is 0 Å². The molecule has 0 bridgehead atoms. The predicted molar refractivity (Wildman–Crippen MR) is 70.9 cm³/mol. The van der Waals surface area contributed by atoms with Crippen LogP contribution in [-0.4, -0.2) is 33.9 Å². The number of amides is 1. The zero-order valence-corrected chi connectivity index (χ0v) is 11.1. The lowest BCUT2D eigenvalue weighted by Crippen LogP contribution is -2.17. The van der Waals surface area contributed by atoms with E-state index < -0.39 is 28.3 Å². The van der Waals surface area contributed by atoms with Crippen LogP contribution in [0.3, 0.4) is 0 Å². The van der Waals surface area contributed by atoms with Gasteiger partial charge in [0.15, 0.2) is 5.69 Å². The second kappa shape index (κ2) is 5.99. The second-order valence-corrected chi connectivity index (χ2v) is 4.00. The van der Waals surface area contributed by atoms with E-state index in [9.17, 15) is 24.1 Å². The van der Waals surface area contributed by atoms with Gasteiger partial charge in [0.05, 0.1) is 18.4 Å². The molecule has 1 amide bonds. The molecule has 0 saturated heterocycles. The summed E-state index contributed by atoms with van der Waals surface area (Å²) in [6, 6.07) is 2.87. The number of nitrogens with zero attached hydrogens (tertiary/aromatic N) is 2. The Bertz CT molecular complexity index is 758. The van der Waals surface area contributed by atoms with Crippen LogP contribution >= 0.6 is 0 Å². The zero-order chi connectivity index (χ0) is 16.3. The maximum absolute atomic E-state index is 13.5. The number of H-pyrrole nitrogens is 1. The van der Waals surface area contributed by atoms with Gasteiger partial charge in [-0.25, -0.2) is 9.78 Å². The van der Waals surface area contributed by atoms with Crippen molar-refractivity contribution in [1.29, 1.82) is 0 Å². The van der Waals surface area contributed by atoms with Gasteiger partial charge in [-0.1, -0.05) is 0 Å². The molecule has 0 aliphatic carbocycles. The van der Waals surface area contributed by atoms with Crippen LogP contribution in [0.25, 0.3) is 0 Å². The molecule has 22 heavy (non-hydrogen) atoms. The van der Waals surface area contributed by atoms with E-state index in [0.29, 0.717) is 0 Å². The van der Waals surface area contributed by atoms with Crippen LogP contribution in [0, 0.1) is 15.9 Å². The summed E-state index contributed by atoms with van der Waals surface area (Å²) in [5, 5.41) is 12.8. The number of ether oxygens (including phenoxy) is 1. The summed E-state index contributed by atoms with van der Waals surface area (Å²) in [6.07, 6.45) is 1.12. The first-order valence-electron chi connectivity index (χ1n) is 5.81. The van der Waals surface area contributed by atoms with Crippen molar-refractivity contribution >= 4 is 23.3 Å². The molecule has 0 aliphatic heterocycles. The summed E-state index contributed by atoms with van der Waals surface area (Å²) in [5.41, 5.74) is -1.14. The Morgan fingerprint density at radius 2 is 2.18 bits per heavy atom. The van der Waals surface area contributed by atoms with E-state index in [-0.39, 0.29) is 17.1 Å². The molecule has 0 aliphatic rings. The topological polar surface area (TPSA) is 127 Å². The van der Waals surface area contributed by atoms with E-state index in [2.05, 4.69) is 20.0 Å². The summed E-state index contributed by atoms with van der Waals surface area (Å²) < 4.78 is 17.9. The van der Waals surface area contributed by atoms with Crippen molar-refractivity contribution in [2.75, 3.05) is 12.4 Å². The summed E-state index contributed by atoms with van der Waals surface area (Å²) >= 11 is 0. The van der Waals surface area contributed by atoms with Gasteiger partial charge in [-0.3, -0.25) is 14.9 Å². The van der Waals surface area contributed by atoms with Crippen molar-refractivity contribution in [2.24, 2.45) is 0 Å². The van der Waals surface area contributed by atoms with E-state index in [1.807, 2.05) is 0 Å². The van der Waals surface area contributed by atoms with E-state index in [1.54, 1.807) is 0 Å². The van der Waals surface area contributed by atoms with Crippen molar-refractivity contribution in [3.63, 3.8) is 0 Å². The van der Waals surface area contributed by atoms with E-state index >= 15 is 0 Å². The lowest BCUT2D eigenvalue weighted by atomic mass is 10.2. The van der Waals surface area contributed by atoms with Gasteiger partial charge >= 0.3 is 11.7 Å². The Kier molecular flexibility index (Phi) is 4.11. The van der Waals surface area contributed by atoms with Gasteiger partial charge in [-0.05, 0) is 6.07 Å². The average molecular weight is 308 g/mol. The Morgan fingerprint density at radius 3 is 2.77 bits per heavy atom. The number of halogens is 1. The maximum atomic E-state index is 13.5. The van der Waals surface area contributed by atoms with Crippen LogP contribution in [-0.2, 0) is 4.74 Å². The molecule has 1 heterocycles. The van der Waals surface area contributed by atoms with Crippen molar-refractivity contribution < 1.29 is 23.6 Å². The number of nitro benzene ring substituents is 1. The molecular formula is C12H9FN4O5. The first-order chi connectivity index (χ1) is 10.4. The third kappa shape index (κ3) is 2.90. The fourth-order valence-corrected chi connectivity index (χ4v) is 1.65. The molecule has 0 saturated carbocycles. The summed E-state index contributed by atoms with van der Waals surface area (Å²) in [7, 11) is 1.13. The van der Waals surface area contributed by atoms with E-state index in [1.165, 1.54) is 0 Å². The Labute approximate surface area is 122 Å². The van der Waals surface area contributed by atoms with Crippen LogP contribution in [0.15, 0.2) is 24.5 Å². The minimum atomic E-state index is -1.10. The molecule has 2 aromatic rings. The molecule has 2 N–H and O–H groups in total. The van der Waals surface area contributed by atoms with Gasteiger partial charge in [-0.15, -0.1) is 0 Å². The molecule has 1 aromatic heterocycles. The largest absolute Gasteiger partial charge is 0.464 e. The first-order valence-corrected chi connectivity index (χ1v) is 5.81. The number of carbonyl (C=O) groups is 2. The van der Waals surface area contributed by atoms with Crippen LogP contribution < -0.4 is 5.32 Å². The third-order valence-corrected chi connectivity index (χ3v) is 2.65. The Hall–Kier alpha value is -3.30. The summed E-state index contributed by atoms with van der Waals surface area (Å²) in [5.74, 6) is -2.69. The number of rotatable bonds is 4. The quantitative estimate of drug-likeness (QED) is 0.500. The highest BCUT2D eigenvalue weighted by Gasteiger charge is 2.22. The number of methoxy groups -OCH3 is 1. The first kappa shape index (κ1) is 15.1.